The lowest BCUT2D eigenvalue weighted by Gasteiger charge is -2.42. The average molecular weight is 228 g/mol. The Morgan fingerprint density at radius 3 is 2.38 bits per heavy atom. The van der Waals surface area contributed by atoms with Gasteiger partial charge in [-0.05, 0) is 27.2 Å². The Bertz CT molecular complexity index is 245. The highest BCUT2D eigenvalue weighted by molar-refractivity contribution is 5.85. The number of nitrogens with two attached hydrogens (primary N) is 1. The molecule has 0 saturated carbocycles. The standard InChI is InChI=1S/C12H24N2O2/c1-5-8(2)14-12(11(13)15)6-9(3)16-10(4)7-12/h8-10,14H,5-7H2,1-4H3,(H2,13,15). The molecule has 0 aromatic rings. The van der Waals surface area contributed by atoms with E-state index >= 15 is 0 Å². The van der Waals surface area contributed by atoms with E-state index in [0.717, 1.165) is 6.42 Å². The van der Waals surface area contributed by atoms with Crippen LogP contribution < -0.4 is 11.1 Å². The maximum atomic E-state index is 11.7. The molecular weight excluding hydrogens is 204 g/mol. The summed E-state index contributed by atoms with van der Waals surface area (Å²) >= 11 is 0. The van der Waals surface area contributed by atoms with E-state index in [1.807, 2.05) is 13.8 Å². The first-order chi connectivity index (χ1) is 7.39. The second-order valence-corrected chi connectivity index (χ2v) is 5.07. The Morgan fingerprint density at radius 2 is 2.00 bits per heavy atom. The lowest BCUT2D eigenvalue weighted by Crippen LogP contribution is -2.63. The molecule has 3 unspecified atom stereocenters. The molecule has 94 valence electrons. The summed E-state index contributed by atoms with van der Waals surface area (Å²) in [6, 6.07) is 0.296. The highest BCUT2D eigenvalue weighted by Gasteiger charge is 2.43. The number of rotatable bonds is 4. The van der Waals surface area contributed by atoms with E-state index in [4.69, 9.17) is 10.5 Å². The summed E-state index contributed by atoms with van der Waals surface area (Å²) in [5.41, 5.74) is 4.98. The minimum atomic E-state index is -0.591. The van der Waals surface area contributed by atoms with Crippen LogP contribution in [0.2, 0.25) is 0 Å². The van der Waals surface area contributed by atoms with Crippen molar-refractivity contribution in [1.82, 2.24) is 5.32 Å². The molecule has 0 spiro atoms. The third-order valence-electron chi connectivity index (χ3n) is 3.34. The minimum absolute atomic E-state index is 0.0767. The van der Waals surface area contributed by atoms with Crippen LogP contribution in [-0.4, -0.2) is 29.7 Å². The van der Waals surface area contributed by atoms with E-state index in [0.29, 0.717) is 18.9 Å². The first-order valence-electron chi connectivity index (χ1n) is 6.12. The summed E-state index contributed by atoms with van der Waals surface area (Å²) in [7, 11) is 0. The predicted octanol–water partition coefficient (Wildman–Crippen LogP) is 1.19. The lowest BCUT2D eigenvalue weighted by atomic mass is 9.82. The number of amides is 1. The topological polar surface area (TPSA) is 64.3 Å². The van der Waals surface area contributed by atoms with Gasteiger partial charge in [0.15, 0.2) is 0 Å². The number of primary amides is 1. The highest BCUT2D eigenvalue weighted by atomic mass is 16.5. The molecular formula is C12H24N2O2. The maximum Gasteiger partial charge on any atom is 0.237 e. The van der Waals surface area contributed by atoms with Gasteiger partial charge in [-0.25, -0.2) is 0 Å². The summed E-state index contributed by atoms with van der Waals surface area (Å²) in [4.78, 5) is 11.7. The second-order valence-electron chi connectivity index (χ2n) is 5.07. The van der Waals surface area contributed by atoms with Crippen molar-refractivity contribution in [3.63, 3.8) is 0 Å². The molecule has 1 fully saturated rings. The smallest absolute Gasteiger partial charge is 0.237 e. The van der Waals surface area contributed by atoms with Crippen LogP contribution in [0.1, 0.15) is 47.0 Å². The van der Waals surface area contributed by atoms with Crippen LogP contribution in [0, 0.1) is 0 Å². The van der Waals surface area contributed by atoms with Gasteiger partial charge < -0.3 is 15.8 Å². The fourth-order valence-corrected chi connectivity index (χ4v) is 2.52. The van der Waals surface area contributed by atoms with Crippen LogP contribution in [0.4, 0.5) is 0 Å². The number of hydrogen-bond acceptors (Lipinski definition) is 3. The van der Waals surface area contributed by atoms with E-state index in [2.05, 4.69) is 19.2 Å². The predicted molar refractivity (Wildman–Crippen MR) is 64.1 cm³/mol. The van der Waals surface area contributed by atoms with Crippen molar-refractivity contribution in [2.45, 2.75) is 70.7 Å². The van der Waals surface area contributed by atoms with Crippen molar-refractivity contribution in [1.29, 1.82) is 0 Å². The molecule has 1 aliphatic rings. The molecule has 4 nitrogen and oxygen atoms in total. The van der Waals surface area contributed by atoms with Crippen molar-refractivity contribution in [2.75, 3.05) is 0 Å². The third-order valence-corrected chi connectivity index (χ3v) is 3.34. The zero-order valence-electron chi connectivity index (χ0n) is 10.7. The van der Waals surface area contributed by atoms with Crippen LogP contribution in [0.25, 0.3) is 0 Å². The molecule has 16 heavy (non-hydrogen) atoms. The van der Waals surface area contributed by atoms with Gasteiger partial charge in [0.1, 0.15) is 5.54 Å². The first kappa shape index (κ1) is 13.5. The Labute approximate surface area is 97.9 Å². The normalized spacial score (nSPS) is 37.0. The Morgan fingerprint density at radius 1 is 1.50 bits per heavy atom. The molecule has 3 N–H and O–H groups in total. The summed E-state index contributed by atoms with van der Waals surface area (Å²) in [6.07, 6.45) is 2.47. The molecule has 0 bridgehead atoms. The van der Waals surface area contributed by atoms with E-state index in [9.17, 15) is 4.79 Å². The summed E-state index contributed by atoms with van der Waals surface area (Å²) in [5.74, 6) is -0.255. The van der Waals surface area contributed by atoms with Gasteiger partial charge in [-0.15, -0.1) is 0 Å². The zero-order chi connectivity index (χ0) is 12.3. The van der Waals surface area contributed by atoms with Crippen LogP contribution in [0.15, 0.2) is 0 Å². The number of carbonyl (C=O) groups excluding carboxylic acids is 1. The highest BCUT2D eigenvalue weighted by Crippen LogP contribution is 2.29. The summed E-state index contributed by atoms with van der Waals surface area (Å²) in [6.45, 7) is 8.16. The van der Waals surface area contributed by atoms with Crippen LogP contribution >= 0.6 is 0 Å². The number of hydrogen-bond donors (Lipinski definition) is 2. The Hall–Kier alpha value is -0.610. The van der Waals surface area contributed by atoms with Gasteiger partial charge in [-0.1, -0.05) is 6.92 Å². The quantitative estimate of drug-likeness (QED) is 0.759. The van der Waals surface area contributed by atoms with Crippen molar-refractivity contribution >= 4 is 5.91 Å². The minimum Gasteiger partial charge on any atom is -0.375 e. The zero-order valence-corrected chi connectivity index (χ0v) is 10.7. The molecule has 0 aliphatic carbocycles. The van der Waals surface area contributed by atoms with Crippen molar-refractivity contribution in [2.24, 2.45) is 5.73 Å². The fraction of sp³-hybridized carbons (Fsp3) is 0.917. The van der Waals surface area contributed by atoms with Gasteiger partial charge in [0.05, 0.1) is 12.2 Å². The van der Waals surface area contributed by atoms with Crippen molar-refractivity contribution in [3.8, 4) is 0 Å². The molecule has 3 atom stereocenters. The molecule has 4 heteroatoms. The van der Waals surface area contributed by atoms with Gasteiger partial charge in [0, 0.05) is 18.9 Å². The van der Waals surface area contributed by atoms with E-state index in [1.165, 1.54) is 0 Å². The van der Waals surface area contributed by atoms with Crippen LogP contribution in [0.5, 0.6) is 0 Å². The maximum absolute atomic E-state index is 11.7. The van der Waals surface area contributed by atoms with Crippen molar-refractivity contribution in [3.05, 3.63) is 0 Å². The summed E-state index contributed by atoms with van der Waals surface area (Å²) in [5, 5.41) is 3.39. The van der Waals surface area contributed by atoms with E-state index in [1.54, 1.807) is 0 Å². The van der Waals surface area contributed by atoms with Gasteiger partial charge in [0.25, 0.3) is 0 Å². The largest absolute Gasteiger partial charge is 0.375 e. The molecule has 1 saturated heterocycles. The first-order valence-corrected chi connectivity index (χ1v) is 6.12. The molecule has 1 amide bonds. The molecule has 0 aromatic heterocycles. The van der Waals surface area contributed by atoms with Crippen molar-refractivity contribution < 1.29 is 9.53 Å². The van der Waals surface area contributed by atoms with Gasteiger partial charge >= 0.3 is 0 Å². The fourth-order valence-electron chi connectivity index (χ4n) is 2.52. The van der Waals surface area contributed by atoms with Crippen LogP contribution in [-0.2, 0) is 9.53 Å². The molecule has 0 radical (unpaired) electrons. The number of ether oxygens (including phenoxy) is 1. The molecule has 1 heterocycles. The second kappa shape index (κ2) is 5.15. The molecule has 1 rings (SSSR count). The molecule has 1 aliphatic heterocycles. The molecule has 0 aromatic carbocycles. The average Bonchev–Trinajstić information content (AvgIpc) is 2.15. The van der Waals surface area contributed by atoms with E-state index < -0.39 is 5.54 Å². The summed E-state index contributed by atoms with van der Waals surface area (Å²) < 4.78 is 5.66. The number of nitrogens with one attached hydrogen (secondary N) is 1. The Kier molecular flexibility index (Phi) is 4.33. The van der Waals surface area contributed by atoms with Crippen LogP contribution in [0.3, 0.4) is 0 Å². The van der Waals surface area contributed by atoms with E-state index in [-0.39, 0.29) is 18.1 Å². The van der Waals surface area contributed by atoms with Gasteiger partial charge in [-0.2, -0.15) is 0 Å². The van der Waals surface area contributed by atoms with Gasteiger partial charge in [-0.3, -0.25) is 4.79 Å². The number of carbonyl (C=O) groups is 1. The van der Waals surface area contributed by atoms with Gasteiger partial charge in [0.2, 0.25) is 5.91 Å². The third kappa shape index (κ3) is 2.95. The monoisotopic (exact) mass is 228 g/mol. The Balaban J connectivity index is 2.82. The lowest BCUT2D eigenvalue weighted by molar-refractivity contribution is -0.136. The SMILES string of the molecule is CCC(C)NC1(C(N)=O)CC(C)OC(C)C1.